The van der Waals surface area contributed by atoms with Crippen molar-refractivity contribution in [2.75, 3.05) is 30.5 Å². The molecule has 1 aliphatic heterocycles. The number of aromatic nitrogens is 1. The average molecular weight is 466 g/mol. The van der Waals surface area contributed by atoms with Crippen LogP contribution in [0.5, 0.6) is 5.75 Å². The summed E-state index contributed by atoms with van der Waals surface area (Å²) in [5.74, 6) is 0.470. The quantitative estimate of drug-likeness (QED) is 0.408. The van der Waals surface area contributed by atoms with Crippen molar-refractivity contribution in [3.63, 3.8) is 0 Å². The van der Waals surface area contributed by atoms with Crippen molar-refractivity contribution >= 4 is 29.3 Å². The lowest BCUT2D eigenvalue weighted by Gasteiger charge is -2.35. The minimum Gasteiger partial charge on any atom is -0.497 e. The third-order valence-electron chi connectivity index (χ3n) is 6.18. The normalized spacial score (nSPS) is 12.9. The van der Waals surface area contributed by atoms with Gasteiger partial charge < -0.3 is 9.64 Å². The molecular formula is C28H23N3O4. The summed E-state index contributed by atoms with van der Waals surface area (Å²) in [6.07, 6.45) is 2.55. The highest BCUT2D eigenvalue weighted by molar-refractivity contribution is 6.08. The Morgan fingerprint density at radius 2 is 1.54 bits per heavy atom. The molecule has 3 aromatic carbocycles. The van der Waals surface area contributed by atoms with Crippen LogP contribution in [-0.4, -0.2) is 37.5 Å². The minimum absolute atomic E-state index is 0.160. The number of likely N-dealkylation sites (N-methyl/N-ethyl adjacent to an activating group) is 1. The van der Waals surface area contributed by atoms with Gasteiger partial charge in [-0.05, 0) is 53.6 Å². The van der Waals surface area contributed by atoms with Gasteiger partial charge in [-0.1, -0.05) is 36.4 Å². The number of amides is 1. The second-order valence-electron chi connectivity index (χ2n) is 8.26. The van der Waals surface area contributed by atoms with Crippen LogP contribution < -0.4 is 20.1 Å². The summed E-state index contributed by atoms with van der Waals surface area (Å²) in [4.78, 5) is 41.5. The first-order chi connectivity index (χ1) is 17.0. The standard InChI is InChI=1S/C28H23N3O4/c1-29-17-26(33)31(22-11-13-23(35-2)14-12-22)27-25(29)15-16-30(28(27)34)21-9-7-19(8-10-21)24-6-4-3-5-20(24)18-32/h3-16,18H,17H2,1-2H3. The minimum atomic E-state index is -0.306. The van der Waals surface area contributed by atoms with Crippen LogP contribution in [0.2, 0.25) is 0 Å². The van der Waals surface area contributed by atoms with Gasteiger partial charge in [-0.3, -0.25) is 23.9 Å². The molecule has 5 rings (SSSR count). The first-order valence-electron chi connectivity index (χ1n) is 11.1. The van der Waals surface area contributed by atoms with Gasteiger partial charge in [0, 0.05) is 30.2 Å². The Hall–Kier alpha value is -4.65. The molecule has 0 saturated heterocycles. The third kappa shape index (κ3) is 3.87. The van der Waals surface area contributed by atoms with Crippen molar-refractivity contribution in [1.82, 2.24) is 4.57 Å². The van der Waals surface area contributed by atoms with E-state index >= 15 is 0 Å². The smallest absolute Gasteiger partial charge is 0.281 e. The van der Waals surface area contributed by atoms with Gasteiger partial charge in [-0.2, -0.15) is 0 Å². The second kappa shape index (κ2) is 8.95. The molecule has 0 N–H and O–H groups in total. The Balaban J connectivity index is 1.60. The zero-order chi connectivity index (χ0) is 24.5. The summed E-state index contributed by atoms with van der Waals surface area (Å²) in [6.45, 7) is 0.160. The van der Waals surface area contributed by atoms with Crippen LogP contribution >= 0.6 is 0 Å². The fourth-order valence-corrected chi connectivity index (χ4v) is 4.39. The van der Waals surface area contributed by atoms with E-state index in [2.05, 4.69) is 0 Å². The van der Waals surface area contributed by atoms with E-state index in [4.69, 9.17) is 4.74 Å². The SMILES string of the molecule is COc1ccc(N2C(=O)CN(C)c3ccn(-c4ccc(-c5ccccc5C=O)cc4)c(=O)c32)cc1. The number of benzene rings is 3. The molecule has 35 heavy (non-hydrogen) atoms. The molecule has 4 aromatic rings. The van der Waals surface area contributed by atoms with E-state index < -0.39 is 0 Å². The lowest BCUT2D eigenvalue weighted by atomic mass is 10.0. The highest BCUT2D eigenvalue weighted by Crippen LogP contribution is 2.36. The maximum absolute atomic E-state index is 13.7. The van der Waals surface area contributed by atoms with Crippen molar-refractivity contribution in [3.05, 3.63) is 101 Å². The number of carbonyl (C=O) groups excluding carboxylic acids is 2. The van der Waals surface area contributed by atoms with Crippen molar-refractivity contribution in [1.29, 1.82) is 0 Å². The highest BCUT2D eigenvalue weighted by Gasteiger charge is 2.32. The number of fused-ring (bicyclic) bond motifs is 1. The number of hydrogen-bond donors (Lipinski definition) is 0. The molecule has 174 valence electrons. The summed E-state index contributed by atoms with van der Waals surface area (Å²) in [5, 5.41) is 0. The molecule has 0 bridgehead atoms. The number of methoxy groups -OCH3 is 1. The summed E-state index contributed by atoms with van der Waals surface area (Å²) >= 11 is 0. The number of carbonyl (C=O) groups is 2. The van der Waals surface area contributed by atoms with E-state index in [0.29, 0.717) is 34.1 Å². The monoisotopic (exact) mass is 465 g/mol. The predicted molar refractivity (Wildman–Crippen MR) is 136 cm³/mol. The summed E-state index contributed by atoms with van der Waals surface area (Å²) in [6, 6.07) is 23.7. The maximum Gasteiger partial charge on any atom is 0.281 e. The lowest BCUT2D eigenvalue weighted by molar-refractivity contribution is -0.116. The van der Waals surface area contributed by atoms with Crippen molar-refractivity contribution in [3.8, 4) is 22.6 Å². The van der Waals surface area contributed by atoms with Crippen LogP contribution in [0.4, 0.5) is 17.1 Å². The van der Waals surface area contributed by atoms with Crippen LogP contribution in [0.1, 0.15) is 10.4 Å². The zero-order valence-corrected chi connectivity index (χ0v) is 19.3. The number of hydrogen-bond acceptors (Lipinski definition) is 5. The van der Waals surface area contributed by atoms with Crippen LogP contribution in [0.3, 0.4) is 0 Å². The van der Waals surface area contributed by atoms with Gasteiger partial charge in [-0.15, -0.1) is 0 Å². The topological polar surface area (TPSA) is 71.8 Å². The molecular weight excluding hydrogens is 442 g/mol. The number of nitrogens with zero attached hydrogens (tertiary/aromatic N) is 3. The average Bonchev–Trinajstić information content (AvgIpc) is 2.89. The number of anilines is 3. The van der Waals surface area contributed by atoms with E-state index in [-0.39, 0.29) is 18.0 Å². The zero-order valence-electron chi connectivity index (χ0n) is 19.3. The maximum atomic E-state index is 13.7. The van der Waals surface area contributed by atoms with Crippen LogP contribution in [-0.2, 0) is 4.79 Å². The number of pyridine rings is 1. The van der Waals surface area contributed by atoms with E-state index in [1.165, 1.54) is 9.47 Å². The van der Waals surface area contributed by atoms with Crippen LogP contribution in [0.15, 0.2) is 89.9 Å². The Morgan fingerprint density at radius 1 is 0.857 bits per heavy atom. The molecule has 2 heterocycles. The Kier molecular flexibility index (Phi) is 5.66. The fourth-order valence-electron chi connectivity index (χ4n) is 4.39. The Labute approximate surface area is 202 Å². The highest BCUT2D eigenvalue weighted by atomic mass is 16.5. The molecule has 1 aliphatic rings. The van der Waals surface area contributed by atoms with Crippen molar-refractivity contribution in [2.45, 2.75) is 0 Å². The van der Waals surface area contributed by atoms with Crippen LogP contribution in [0.25, 0.3) is 16.8 Å². The molecule has 0 unspecified atom stereocenters. The first-order valence-corrected chi connectivity index (χ1v) is 11.1. The summed E-state index contributed by atoms with van der Waals surface area (Å²) in [7, 11) is 3.37. The van der Waals surface area contributed by atoms with Gasteiger partial charge in [0.25, 0.3) is 11.5 Å². The predicted octanol–water partition coefficient (Wildman–Crippen LogP) is 4.44. The first kappa shape index (κ1) is 22.2. The molecule has 0 aliphatic carbocycles. The Bertz CT molecular complexity index is 1470. The van der Waals surface area contributed by atoms with E-state index in [1.54, 1.807) is 55.6 Å². The lowest BCUT2D eigenvalue weighted by Crippen LogP contribution is -2.45. The van der Waals surface area contributed by atoms with Crippen molar-refractivity contribution in [2.24, 2.45) is 0 Å². The number of ether oxygens (including phenoxy) is 1. The molecule has 0 atom stereocenters. The number of aldehydes is 1. The molecule has 0 fully saturated rings. The van der Waals surface area contributed by atoms with Gasteiger partial charge in [0.2, 0.25) is 0 Å². The largest absolute Gasteiger partial charge is 0.497 e. The summed E-state index contributed by atoms with van der Waals surface area (Å²) in [5.41, 5.74) is 4.22. The fraction of sp³-hybridized carbons (Fsp3) is 0.107. The van der Waals surface area contributed by atoms with Gasteiger partial charge in [-0.25, -0.2) is 0 Å². The summed E-state index contributed by atoms with van der Waals surface area (Å²) < 4.78 is 6.75. The molecule has 1 aromatic heterocycles. The van der Waals surface area contributed by atoms with E-state index in [1.807, 2.05) is 48.5 Å². The molecule has 0 radical (unpaired) electrons. The van der Waals surface area contributed by atoms with Gasteiger partial charge in [0.05, 0.1) is 19.3 Å². The third-order valence-corrected chi connectivity index (χ3v) is 6.18. The number of rotatable bonds is 5. The van der Waals surface area contributed by atoms with E-state index in [9.17, 15) is 14.4 Å². The second-order valence-corrected chi connectivity index (χ2v) is 8.26. The molecule has 7 nitrogen and oxygen atoms in total. The Morgan fingerprint density at radius 3 is 2.23 bits per heavy atom. The van der Waals surface area contributed by atoms with Gasteiger partial charge in [0.15, 0.2) is 6.29 Å². The molecule has 7 heteroatoms. The van der Waals surface area contributed by atoms with E-state index in [0.717, 1.165) is 17.4 Å². The van der Waals surface area contributed by atoms with Gasteiger partial charge in [0.1, 0.15) is 11.4 Å². The van der Waals surface area contributed by atoms with Gasteiger partial charge >= 0.3 is 0 Å². The van der Waals surface area contributed by atoms with Crippen LogP contribution in [0, 0.1) is 0 Å². The van der Waals surface area contributed by atoms with Crippen molar-refractivity contribution < 1.29 is 14.3 Å². The molecule has 0 spiro atoms. The molecule has 1 amide bonds. The molecule has 0 saturated carbocycles.